The van der Waals surface area contributed by atoms with Crippen LogP contribution in [-0.4, -0.2) is 28.2 Å². The van der Waals surface area contributed by atoms with E-state index in [4.69, 9.17) is 4.74 Å². The number of benzene rings is 2. The Bertz CT molecular complexity index is 1140. The Morgan fingerprint density at radius 1 is 1.16 bits per heavy atom. The number of urea groups is 1. The summed E-state index contributed by atoms with van der Waals surface area (Å²) in [5.41, 5.74) is -1.07. The van der Waals surface area contributed by atoms with Crippen LogP contribution in [0, 0.1) is 11.7 Å². The zero-order valence-corrected chi connectivity index (χ0v) is 17.3. The molecule has 1 aliphatic heterocycles. The molecular formula is C23H24FN3O4. The van der Waals surface area contributed by atoms with E-state index in [2.05, 4.69) is 24.5 Å². The van der Waals surface area contributed by atoms with E-state index in [-0.39, 0.29) is 12.4 Å². The summed E-state index contributed by atoms with van der Waals surface area (Å²) in [4.78, 5) is 24.7. The maximum absolute atomic E-state index is 13.4. The molecule has 162 valence electrons. The maximum Gasteiger partial charge on any atom is 0.322 e. The lowest BCUT2D eigenvalue weighted by molar-refractivity contribution is -0.124. The van der Waals surface area contributed by atoms with Crippen LogP contribution in [0.1, 0.15) is 25.8 Å². The van der Waals surface area contributed by atoms with Crippen LogP contribution in [0.3, 0.4) is 0 Å². The Morgan fingerprint density at radius 3 is 2.55 bits per heavy atom. The molecule has 0 bridgehead atoms. The monoisotopic (exact) mass is 425 g/mol. The molecule has 3 aromatic rings. The summed E-state index contributed by atoms with van der Waals surface area (Å²) in [6, 6.07) is 10.1. The van der Waals surface area contributed by atoms with Gasteiger partial charge in [-0.3, -0.25) is 10.1 Å². The number of carbonyl (C=O) groups is 2. The molecule has 0 spiro atoms. The van der Waals surface area contributed by atoms with Crippen LogP contribution in [0.5, 0.6) is 11.6 Å². The van der Waals surface area contributed by atoms with E-state index in [9.17, 15) is 19.1 Å². The number of ether oxygens (including phenoxy) is 1. The van der Waals surface area contributed by atoms with Gasteiger partial charge in [0.15, 0.2) is 11.4 Å². The number of amides is 3. The van der Waals surface area contributed by atoms with Gasteiger partial charge in [0.1, 0.15) is 11.6 Å². The van der Waals surface area contributed by atoms with Crippen molar-refractivity contribution < 1.29 is 23.8 Å². The Hall–Kier alpha value is -3.55. The number of aromatic hydroxyl groups is 1. The average molecular weight is 425 g/mol. The molecule has 1 aromatic heterocycles. The Balaban J connectivity index is 1.68. The van der Waals surface area contributed by atoms with E-state index in [0.717, 1.165) is 11.8 Å². The second-order valence-electron chi connectivity index (χ2n) is 8.18. The Labute approximate surface area is 178 Å². The molecule has 1 fully saturated rings. The summed E-state index contributed by atoms with van der Waals surface area (Å²) in [6.45, 7) is 4.77. The Morgan fingerprint density at radius 2 is 1.90 bits per heavy atom. The number of hydrogen-bond donors (Lipinski definition) is 3. The number of nitrogens with one attached hydrogen (secondary N) is 2. The lowest BCUT2D eigenvalue weighted by Gasteiger charge is -2.27. The van der Waals surface area contributed by atoms with Crippen LogP contribution in [0.15, 0.2) is 48.7 Å². The standard InChI is InChI=1S/C23H24FN3O4/c1-14(2)9-10-31-18-7-8-19-15(11-18)12-27(20(19)28)13-23(21(29)25-22(30)26-23)16-3-5-17(24)6-4-16/h3-8,11-12,14,28H,9-10,13H2,1-2H3,(H2,25,26,29,30). The second kappa shape index (κ2) is 7.94. The molecule has 31 heavy (non-hydrogen) atoms. The fourth-order valence-electron chi connectivity index (χ4n) is 3.75. The van der Waals surface area contributed by atoms with Gasteiger partial charge in [-0.15, -0.1) is 0 Å². The van der Waals surface area contributed by atoms with Gasteiger partial charge in [-0.05, 0) is 48.2 Å². The molecule has 4 rings (SSSR count). The number of rotatable bonds is 7. The van der Waals surface area contributed by atoms with Crippen LogP contribution < -0.4 is 15.4 Å². The molecular weight excluding hydrogens is 401 g/mol. The van der Waals surface area contributed by atoms with Crippen LogP contribution in [0.2, 0.25) is 0 Å². The first-order valence-corrected chi connectivity index (χ1v) is 10.1. The Kier molecular flexibility index (Phi) is 5.31. The fraction of sp³-hybridized carbons (Fsp3) is 0.304. The molecule has 0 saturated carbocycles. The van der Waals surface area contributed by atoms with Gasteiger partial charge in [-0.25, -0.2) is 9.18 Å². The molecule has 3 amide bonds. The van der Waals surface area contributed by atoms with E-state index >= 15 is 0 Å². The summed E-state index contributed by atoms with van der Waals surface area (Å²) >= 11 is 0. The molecule has 0 aliphatic carbocycles. The third-order valence-corrected chi connectivity index (χ3v) is 5.48. The van der Waals surface area contributed by atoms with Crippen LogP contribution >= 0.6 is 0 Å². The number of hydrogen-bond acceptors (Lipinski definition) is 4. The normalized spacial score (nSPS) is 18.5. The quantitative estimate of drug-likeness (QED) is 0.504. The lowest BCUT2D eigenvalue weighted by Crippen LogP contribution is -2.47. The molecule has 2 heterocycles. The van der Waals surface area contributed by atoms with Crippen LogP contribution in [0.25, 0.3) is 10.8 Å². The molecule has 1 unspecified atom stereocenters. The van der Waals surface area contributed by atoms with Gasteiger partial charge in [0.05, 0.1) is 13.2 Å². The van der Waals surface area contributed by atoms with Gasteiger partial charge >= 0.3 is 6.03 Å². The lowest BCUT2D eigenvalue weighted by atomic mass is 9.89. The summed E-state index contributed by atoms with van der Waals surface area (Å²) in [6.07, 6.45) is 2.63. The summed E-state index contributed by atoms with van der Waals surface area (Å²) in [5.74, 6) is 0.149. The topological polar surface area (TPSA) is 92.6 Å². The minimum absolute atomic E-state index is 0.0424. The van der Waals surface area contributed by atoms with Crippen molar-refractivity contribution in [1.29, 1.82) is 0 Å². The first-order valence-electron chi connectivity index (χ1n) is 10.1. The van der Waals surface area contributed by atoms with E-state index in [0.29, 0.717) is 29.2 Å². The van der Waals surface area contributed by atoms with Gasteiger partial charge in [0.2, 0.25) is 0 Å². The average Bonchev–Trinajstić information content (AvgIpc) is 3.18. The minimum Gasteiger partial charge on any atom is -0.494 e. The highest BCUT2D eigenvalue weighted by Gasteiger charge is 2.48. The van der Waals surface area contributed by atoms with Crippen molar-refractivity contribution in [3.8, 4) is 11.6 Å². The number of imide groups is 1. The maximum atomic E-state index is 13.4. The zero-order chi connectivity index (χ0) is 22.2. The summed E-state index contributed by atoms with van der Waals surface area (Å²) < 4.78 is 20.7. The van der Waals surface area contributed by atoms with E-state index < -0.39 is 23.3 Å². The van der Waals surface area contributed by atoms with Crippen molar-refractivity contribution in [2.24, 2.45) is 5.92 Å². The number of aromatic nitrogens is 1. The van der Waals surface area contributed by atoms with Gasteiger partial charge in [0, 0.05) is 17.0 Å². The van der Waals surface area contributed by atoms with Crippen molar-refractivity contribution in [3.05, 3.63) is 60.0 Å². The summed E-state index contributed by atoms with van der Waals surface area (Å²) in [7, 11) is 0. The van der Waals surface area contributed by atoms with Gasteiger partial charge < -0.3 is 19.7 Å². The molecule has 1 atom stereocenters. The molecule has 2 aromatic carbocycles. The smallest absolute Gasteiger partial charge is 0.322 e. The van der Waals surface area contributed by atoms with E-state index in [1.54, 1.807) is 18.3 Å². The number of carbonyl (C=O) groups excluding carboxylic acids is 2. The second-order valence-corrected chi connectivity index (χ2v) is 8.18. The van der Waals surface area contributed by atoms with E-state index in [1.807, 2.05) is 6.07 Å². The van der Waals surface area contributed by atoms with Gasteiger partial charge in [-0.2, -0.15) is 0 Å². The predicted molar refractivity (Wildman–Crippen MR) is 113 cm³/mol. The molecule has 0 radical (unpaired) electrons. The zero-order valence-electron chi connectivity index (χ0n) is 17.3. The van der Waals surface area contributed by atoms with Gasteiger partial charge in [-0.1, -0.05) is 26.0 Å². The first kappa shape index (κ1) is 20.7. The van der Waals surface area contributed by atoms with Crippen molar-refractivity contribution in [2.45, 2.75) is 32.4 Å². The third-order valence-electron chi connectivity index (χ3n) is 5.48. The highest BCUT2D eigenvalue weighted by molar-refractivity contribution is 6.07. The van der Waals surface area contributed by atoms with Gasteiger partial charge in [0.25, 0.3) is 5.91 Å². The number of halogens is 1. The van der Waals surface area contributed by atoms with Crippen LogP contribution in [-0.2, 0) is 16.9 Å². The molecule has 1 saturated heterocycles. The molecule has 1 aliphatic rings. The number of nitrogens with zero attached hydrogens (tertiary/aromatic N) is 1. The predicted octanol–water partition coefficient (Wildman–Crippen LogP) is 3.65. The highest BCUT2D eigenvalue weighted by Crippen LogP contribution is 2.34. The largest absolute Gasteiger partial charge is 0.494 e. The minimum atomic E-state index is -1.48. The molecule has 3 N–H and O–H groups in total. The third kappa shape index (κ3) is 3.93. The summed E-state index contributed by atoms with van der Waals surface area (Å²) in [5, 5.41) is 17.0. The van der Waals surface area contributed by atoms with Crippen molar-refractivity contribution in [1.82, 2.24) is 15.2 Å². The van der Waals surface area contributed by atoms with Crippen LogP contribution in [0.4, 0.5) is 9.18 Å². The van der Waals surface area contributed by atoms with Crippen molar-refractivity contribution in [3.63, 3.8) is 0 Å². The molecule has 8 heteroatoms. The molecule has 7 nitrogen and oxygen atoms in total. The highest BCUT2D eigenvalue weighted by atomic mass is 19.1. The van der Waals surface area contributed by atoms with Crippen molar-refractivity contribution in [2.75, 3.05) is 6.61 Å². The SMILES string of the molecule is CC(C)CCOc1ccc2c(O)n(CC3(c4ccc(F)cc4)NC(=O)NC3=O)cc2c1. The number of fused-ring (bicyclic) bond motifs is 1. The first-order chi connectivity index (χ1) is 14.8. The van der Waals surface area contributed by atoms with E-state index in [1.165, 1.54) is 28.8 Å². The fourth-order valence-corrected chi connectivity index (χ4v) is 3.75. The van der Waals surface area contributed by atoms with Crippen molar-refractivity contribution >= 4 is 22.7 Å².